The number of esters is 2. The molecule has 0 saturated carbocycles. The van der Waals surface area contributed by atoms with Crippen molar-refractivity contribution in [3.63, 3.8) is 0 Å². The number of carboxylic acids is 2. The van der Waals surface area contributed by atoms with Crippen LogP contribution in [0.25, 0.3) is 0 Å². The van der Waals surface area contributed by atoms with Crippen molar-refractivity contribution in [2.24, 2.45) is 0 Å². The van der Waals surface area contributed by atoms with E-state index in [1.54, 1.807) is 0 Å². The van der Waals surface area contributed by atoms with Crippen molar-refractivity contribution in [1.29, 1.82) is 0 Å². The zero-order valence-corrected chi connectivity index (χ0v) is 19.6. The van der Waals surface area contributed by atoms with E-state index in [9.17, 15) is 29.4 Å². The molecule has 2 N–H and O–H groups in total. The van der Waals surface area contributed by atoms with Gasteiger partial charge in [-0.1, -0.05) is 78.1 Å². The first-order chi connectivity index (χ1) is 15.3. The highest BCUT2D eigenvalue weighted by atomic mass is 16.6. The number of hydrogen-bond donors (Lipinski definition) is 2. The van der Waals surface area contributed by atoms with Crippen LogP contribution < -0.4 is 0 Å². The van der Waals surface area contributed by atoms with Crippen LogP contribution in [0, 0.1) is 0 Å². The largest absolute Gasteiger partial charge is 0.479 e. The van der Waals surface area contributed by atoms with E-state index in [-0.39, 0.29) is 12.8 Å². The highest BCUT2D eigenvalue weighted by molar-refractivity contribution is 5.93. The molecule has 0 spiro atoms. The van der Waals surface area contributed by atoms with Crippen molar-refractivity contribution in [2.45, 2.75) is 116 Å². The molecular formula is C24H40O8. The normalized spacial score (nSPS) is 12.9. The van der Waals surface area contributed by atoms with Crippen LogP contribution in [0.2, 0.25) is 0 Å². The zero-order valence-electron chi connectivity index (χ0n) is 19.6. The molecule has 0 saturated heterocycles. The fraction of sp³-hybridized carbons (Fsp3) is 0.750. The average molecular weight is 457 g/mol. The van der Waals surface area contributed by atoms with Gasteiger partial charge in [0.25, 0.3) is 0 Å². The SMILES string of the molecule is CCCCCCCCC(OC(=O)/C=C/C(=O)OC(CCCCCCCC)C(=O)O)C(=O)O. The summed E-state index contributed by atoms with van der Waals surface area (Å²) in [4.78, 5) is 46.3. The molecule has 2 unspecified atom stereocenters. The maximum Gasteiger partial charge on any atom is 0.345 e. The first-order valence-electron chi connectivity index (χ1n) is 11.9. The number of unbranched alkanes of at least 4 members (excludes halogenated alkanes) is 10. The average Bonchev–Trinajstić information content (AvgIpc) is 2.75. The lowest BCUT2D eigenvalue weighted by molar-refractivity contribution is -0.162. The molecule has 32 heavy (non-hydrogen) atoms. The molecule has 0 aromatic carbocycles. The van der Waals surface area contributed by atoms with Gasteiger partial charge in [0.15, 0.2) is 12.2 Å². The van der Waals surface area contributed by atoms with Crippen LogP contribution in [0.4, 0.5) is 0 Å². The monoisotopic (exact) mass is 456 g/mol. The molecule has 0 aliphatic heterocycles. The maximum absolute atomic E-state index is 11.9. The molecule has 0 aromatic rings. The Labute approximate surface area is 191 Å². The summed E-state index contributed by atoms with van der Waals surface area (Å²) < 4.78 is 9.81. The van der Waals surface area contributed by atoms with E-state index < -0.39 is 36.1 Å². The minimum Gasteiger partial charge on any atom is -0.479 e. The fourth-order valence-corrected chi connectivity index (χ4v) is 3.18. The highest BCUT2D eigenvalue weighted by Gasteiger charge is 2.22. The Morgan fingerprint density at radius 2 is 0.906 bits per heavy atom. The summed E-state index contributed by atoms with van der Waals surface area (Å²) in [6, 6.07) is 0. The molecule has 0 heterocycles. The summed E-state index contributed by atoms with van der Waals surface area (Å²) in [6.45, 7) is 4.22. The molecule has 0 amide bonds. The van der Waals surface area contributed by atoms with Gasteiger partial charge in [-0.15, -0.1) is 0 Å². The van der Waals surface area contributed by atoms with Gasteiger partial charge < -0.3 is 19.7 Å². The van der Waals surface area contributed by atoms with Gasteiger partial charge in [0.05, 0.1) is 0 Å². The van der Waals surface area contributed by atoms with Crippen molar-refractivity contribution in [2.75, 3.05) is 0 Å². The Balaban J connectivity index is 4.38. The summed E-state index contributed by atoms with van der Waals surface area (Å²) >= 11 is 0. The van der Waals surface area contributed by atoms with E-state index in [4.69, 9.17) is 9.47 Å². The maximum atomic E-state index is 11.9. The molecule has 2 atom stereocenters. The Morgan fingerprint density at radius 3 is 1.22 bits per heavy atom. The van der Waals surface area contributed by atoms with Crippen LogP contribution in [0.5, 0.6) is 0 Å². The van der Waals surface area contributed by atoms with Gasteiger partial charge in [-0.3, -0.25) is 0 Å². The second-order valence-corrected chi connectivity index (χ2v) is 7.97. The van der Waals surface area contributed by atoms with Crippen LogP contribution in [-0.4, -0.2) is 46.3 Å². The summed E-state index contributed by atoms with van der Waals surface area (Å²) in [6.07, 6.45) is 11.0. The van der Waals surface area contributed by atoms with Gasteiger partial charge in [-0.05, 0) is 25.7 Å². The number of carbonyl (C=O) groups excluding carboxylic acids is 2. The minimum absolute atomic E-state index is 0.199. The predicted octanol–water partition coefficient (Wildman–Crippen LogP) is 5.04. The van der Waals surface area contributed by atoms with E-state index in [0.717, 1.165) is 76.4 Å². The first kappa shape index (κ1) is 29.6. The van der Waals surface area contributed by atoms with Crippen LogP contribution >= 0.6 is 0 Å². The molecule has 0 fully saturated rings. The molecule has 8 nitrogen and oxygen atoms in total. The van der Waals surface area contributed by atoms with Crippen molar-refractivity contribution in [3.8, 4) is 0 Å². The zero-order chi connectivity index (χ0) is 24.2. The molecule has 0 rings (SSSR count). The van der Waals surface area contributed by atoms with Gasteiger partial charge in [0.1, 0.15) is 0 Å². The van der Waals surface area contributed by atoms with Gasteiger partial charge >= 0.3 is 23.9 Å². The molecular weight excluding hydrogens is 416 g/mol. The number of hydrogen-bond acceptors (Lipinski definition) is 6. The first-order valence-corrected chi connectivity index (χ1v) is 11.9. The molecule has 8 heteroatoms. The molecule has 184 valence electrons. The number of ether oxygens (including phenoxy) is 2. The van der Waals surface area contributed by atoms with Crippen molar-refractivity contribution >= 4 is 23.9 Å². The molecule has 0 aromatic heterocycles. The number of aliphatic carboxylic acids is 2. The Bertz CT molecular complexity index is 535. The second-order valence-electron chi connectivity index (χ2n) is 7.97. The molecule has 0 radical (unpaired) electrons. The van der Waals surface area contributed by atoms with Crippen LogP contribution in [0.1, 0.15) is 104 Å². The third-order valence-electron chi connectivity index (χ3n) is 5.06. The summed E-state index contributed by atoms with van der Waals surface area (Å²) in [5.41, 5.74) is 0. The second kappa shape index (κ2) is 19.3. The van der Waals surface area contributed by atoms with E-state index >= 15 is 0 Å². The summed E-state index contributed by atoms with van der Waals surface area (Å²) in [5.74, 6) is -4.45. The molecule has 0 aliphatic rings. The van der Waals surface area contributed by atoms with Gasteiger partial charge in [-0.25, -0.2) is 19.2 Å². The lowest BCUT2D eigenvalue weighted by Crippen LogP contribution is -2.27. The topological polar surface area (TPSA) is 127 Å². The quantitative estimate of drug-likeness (QED) is 0.148. The van der Waals surface area contributed by atoms with Crippen molar-refractivity contribution < 1.29 is 38.9 Å². The predicted molar refractivity (Wildman–Crippen MR) is 120 cm³/mol. The van der Waals surface area contributed by atoms with E-state index in [0.29, 0.717) is 12.8 Å². The Kier molecular flexibility index (Phi) is 17.9. The minimum atomic E-state index is -1.28. The van der Waals surface area contributed by atoms with Crippen molar-refractivity contribution in [3.05, 3.63) is 12.2 Å². The van der Waals surface area contributed by atoms with E-state index in [2.05, 4.69) is 13.8 Å². The van der Waals surface area contributed by atoms with Gasteiger partial charge in [-0.2, -0.15) is 0 Å². The number of rotatable bonds is 20. The smallest absolute Gasteiger partial charge is 0.345 e. The molecule has 0 bridgehead atoms. The van der Waals surface area contributed by atoms with Gasteiger partial charge in [0, 0.05) is 12.2 Å². The van der Waals surface area contributed by atoms with Gasteiger partial charge in [0.2, 0.25) is 0 Å². The number of carbonyl (C=O) groups is 4. The Hall–Kier alpha value is -2.38. The summed E-state index contributed by atoms with van der Waals surface area (Å²) in [5, 5.41) is 18.4. The van der Waals surface area contributed by atoms with E-state index in [1.165, 1.54) is 0 Å². The van der Waals surface area contributed by atoms with Crippen LogP contribution in [0.15, 0.2) is 12.2 Å². The van der Waals surface area contributed by atoms with Crippen LogP contribution in [-0.2, 0) is 28.7 Å². The summed E-state index contributed by atoms with van der Waals surface area (Å²) in [7, 11) is 0. The molecule has 0 aliphatic carbocycles. The van der Waals surface area contributed by atoms with E-state index in [1.807, 2.05) is 0 Å². The fourth-order valence-electron chi connectivity index (χ4n) is 3.18. The lowest BCUT2D eigenvalue weighted by atomic mass is 10.1. The highest BCUT2D eigenvalue weighted by Crippen LogP contribution is 2.13. The van der Waals surface area contributed by atoms with Crippen molar-refractivity contribution in [1.82, 2.24) is 0 Å². The lowest BCUT2D eigenvalue weighted by Gasteiger charge is -2.13. The number of carboxylic acid groups (broad SMARTS) is 2. The third-order valence-corrected chi connectivity index (χ3v) is 5.06. The Morgan fingerprint density at radius 1 is 0.594 bits per heavy atom. The standard InChI is InChI=1S/C24H40O8/c1-3-5-7-9-11-13-15-19(23(27)28)31-21(25)17-18-22(26)32-20(24(29)30)16-14-12-10-8-6-4-2/h17-20H,3-16H2,1-2H3,(H,27,28)(H,29,30)/b18-17+. The third kappa shape index (κ3) is 16.3. The van der Waals surface area contributed by atoms with Crippen LogP contribution in [0.3, 0.4) is 0 Å².